The van der Waals surface area contributed by atoms with E-state index in [0.717, 1.165) is 32.8 Å². The Labute approximate surface area is 114 Å². The lowest BCUT2D eigenvalue weighted by Crippen LogP contribution is -2.43. The summed E-state index contributed by atoms with van der Waals surface area (Å²) in [5.74, 6) is 0.320. The van der Waals surface area contributed by atoms with Crippen LogP contribution in [-0.2, 0) is 9.53 Å². The van der Waals surface area contributed by atoms with Gasteiger partial charge in [0.1, 0.15) is 6.04 Å². The normalized spacial score (nSPS) is 25.2. The molecule has 3 amide bonds. The highest BCUT2D eigenvalue weighted by molar-refractivity contribution is 6.04. The number of ether oxygens (including phenoxy) is 1. The number of rotatable bonds is 5. The maximum Gasteiger partial charge on any atom is 0.324 e. The summed E-state index contributed by atoms with van der Waals surface area (Å²) in [6.07, 6.45) is 0.707. The third-order valence-electron chi connectivity index (χ3n) is 3.56. The lowest BCUT2D eigenvalue weighted by Gasteiger charge is -2.27. The lowest BCUT2D eigenvalue weighted by molar-refractivity contribution is -0.128. The van der Waals surface area contributed by atoms with E-state index in [2.05, 4.69) is 24.1 Å². The Morgan fingerprint density at radius 3 is 2.58 bits per heavy atom. The standard InChI is InChI=1S/C13H23N3O3/c1-10(2)9-11-12(17)16(13(18)14-11)4-3-15-5-7-19-8-6-15/h10-11H,3-9H2,1-2H3,(H,14,18)/t11-/m1/s1. The minimum absolute atomic E-state index is 0.0769. The maximum atomic E-state index is 12.1. The molecule has 2 rings (SSSR count). The van der Waals surface area contributed by atoms with Crippen LogP contribution < -0.4 is 5.32 Å². The molecule has 1 N–H and O–H groups in total. The van der Waals surface area contributed by atoms with Gasteiger partial charge in [0, 0.05) is 26.2 Å². The van der Waals surface area contributed by atoms with E-state index in [1.165, 1.54) is 4.90 Å². The van der Waals surface area contributed by atoms with Gasteiger partial charge < -0.3 is 10.1 Å². The maximum absolute atomic E-state index is 12.1. The Balaban J connectivity index is 1.82. The van der Waals surface area contributed by atoms with Crippen LogP contribution in [0.1, 0.15) is 20.3 Å². The van der Waals surface area contributed by atoms with E-state index in [1.54, 1.807) is 0 Å². The Hall–Kier alpha value is -1.14. The number of nitrogens with zero attached hydrogens (tertiary/aromatic N) is 2. The van der Waals surface area contributed by atoms with Gasteiger partial charge in [-0.1, -0.05) is 13.8 Å². The van der Waals surface area contributed by atoms with Crippen LogP contribution in [0.25, 0.3) is 0 Å². The Kier molecular flexibility index (Phi) is 4.76. The molecule has 2 heterocycles. The summed E-state index contributed by atoms with van der Waals surface area (Å²) in [5.41, 5.74) is 0. The zero-order chi connectivity index (χ0) is 13.8. The van der Waals surface area contributed by atoms with Gasteiger partial charge in [-0.05, 0) is 12.3 Å². The summed E-state index contributed by atoms with van der Waals surface area (Å²) >= 11 is 0. The number of carbonyl (C=O) groups excluding carboxylic acids is 2. The molecular weight excluding hydrogens is 246 g/mol. The van der Waals surface area contributed by atoms with Crippen LogP contribution in [-0.4, -0.2) is 67.2 Å². The number of hydrogen-bond acceptors (Lipinski definition) is 4. The molecule has 0 aliphatic carbocycles. The molecule has 19 heavy (non-hydrogen) atoms. The average Bonchev–Trinajstić information content (AvgIpc) is 2.63. The molecule has 0 unspecified atom stereocenters. The molecule has 1 atom stereocenters. The molecule has 0 spiro atoms. The molecule has 2 aliphatic heterocycles. The predicted octanol–water partition coefficient (Wildman–Crippen LogP) is 0.285. The summed E-state index contributed by atoms with van der Waals surface area (Å²) in [4.78, 5) is 27.5. The molecule has 0 aromatic rings. The van der Waals surface area contributed by atoms with E-state index in [0.29, 0.717) is 18.9 Å². The SMILES string of the molecule is CC(C)C[C@H]1NC(=O)N(CCN2CCOCC2)C1=O. The second-order valence-electron chi connectivity index (χ2n) is 5.58. The van der Waals surface area contributed by atoms with Crippen LogP contribution in [0.5, 0.6) is 0 Å². The molecule has 0 aromatic carbocycles. The van der Waals surface area contributed by atoms with Crippen LogP contribution in [0.4, 0.5) is 4.79 Å². The van der Waals surface area contributed by atoms with Crippen molar-refractivity contribution in [1.29, 1.82) is 0 Å². The third-order valence-corrected chi connectivity index (χ3v) is 3.56. The number of imide groups is 1. The van der Waals surface area contributed by atoms with Crippen molar-refractivity contribution in [3.63, 3.8) is 0 Å². The van der Waals surface area contributed by atoms with Crippen LogP contribution in [0.15, 0.2) is 0 Å². The first-order valence-electron chi connectivity index (χ1n) is 7.00. The molecule has 6 heteroatoms. The molecule has 0 radical (unpaired) electrons. The summed E-state index contributed by atoms with van der Waals surface area (Å²) in [6, 6.07) is -0.582. The van der Waals surface area contributed by atoms with E-state index >= 15 is 0 Å². The van der Waals surface area contributed by atoms with Crippen molar-refractivity contribution in [2.24, 2.45) is 5.92 Å². The first-order valence-corrected chi connectivity index (χ1v) is 7.00. The third kappa shape index (κ3) is 3.67. The quantitative estimate of drug-likeness (QED) is 0.729. The van der Waals surface area contributed by atoms with Crippen molar-refractivity contribution in [2.75, 3.05) is 39.4 Å². The molecule has 2 aliphatic rings. The number of hydrogen-bond donors (Lipinski definition) is 1. The van der Waals surface area contributed by atoms with E-state index in [1.807, 2.05) is 0 Å². The van der Waals surface area contributed by atoms with E-state index in [9.17, 15) is 9.59 Å². The zero-order valence-corrected chi connectivity index (χ0v) is 11.7. The number of amides is 3. The Morgan fingerprint density at radius 2 is 1.95 bits per heavy atom. The molecule has 108 valence electrons. The summed E-state index contributed by atoms with van der Waals surface area (Å²) in [7, 11) is 0. The van der Waals surface area contributed by atoms with Gasteiger partial charge in [0.2, 0.25) is 0 Å². The minimum Gasteiger partial charge on any atom is -0.379 e. The second kappa shape index (κ2) is 6.34. The molecule has 2 saturated heterocycles. The van der Waals surface area contributed by atoms with Gasteiger partial charge >= 0.3 is 6.03 Å². The molecule has 0 aromatic heterocycles. The highest BCUT2D eigenvalue weighted by atomic mass is 16.5. The molecular formula is C13H23N3O3. The van der Waals surface area contributed by atoms with Gasteiger partial charge in [-0.25, -0.2) is 4.79 Å². The van der Waals surface area contributed by atoms with E-state index in [4.69, 9.17) is 4.74 Å². The molecule has 6 nitrogen and oxygen atoms in total. The van der Waals surface area contributed by atoms with Crippen molar-refractivity contribution in [2.45, 2.75) is 26.3 Å². The Morgan fingerprint density at radius 1 is 1.26 bits per heavy atom. The molecule has 0 bridgehead atoms. The van der Waals surface area contributed by atoms with Gasteiger partial charge in [-0.2, -0.15) is 0 Å². The minimum atomic E-state index is -0.336. The highest BCUT2D eigenvalue weighted by Crippen LogP contribution is 2.14. The van der Waals surface area contributed by atoms with Crippen molar-refractivity contribution in [3.05, 3.63) is 0 Å². The number of nitrogens with one attached hydrogen (secondary N) is 1. The zero-order valence-electron chi connectivity index (χ0n) is 11.7. The number of urea groups is 1. The van der Waals surface area contributed by atoms with Gasteiger partial charge in [0.15, 0.2) is 0 Å². The fourth-order valence-electron chi connectivity index (χ4n) is 2.49. The number of carbonyl (C=O) groups is 2. The smallest absolute Gasteiger partial charge is 0.324 e. The summed E-state index contributed by atoms with van der Waals surface area (Å²) in [5, 5.41) is 2.77. The number of morpholine rings is 1. The van der Waals surface area contributed by atoms with Crippen LogP contribution >= 0.6 is 0 Å². The largest absolute Gasteiger partial charge is 0.379 e. The summed E-state index contributed by atoms with van der Waals surface area (Å²) < 4.78 is 5.27. The van der Waals surface area contributed by atoms with E-state index in [-0.39, 0.29) is 18.0 Å². The van der Waals surface area contributed by atoms with Gasteiger partial charge in [-0.15, -0.1) is 0 Å². The fraction of sp³-hybridized carbons (Fsp3) is 0.846. The topological polar surface area (TPSA) is 61.9 Å². The fourth-order valence-corrected chi connectivity index (χ4v) is 2.49. The average molecular weight is 269 g/mol. The molecule has 0 saturated carbocycles. The van der Waals surface area contributed by atoms with Crippen molar-refractivity contribution >= 4 is 11.9 Å². The second-order valence-corrected chi connectivity index (χ2v) is 5.58. The van der Waals surface area contributed by atoms with Crippen LogP contribution in [0, 0.1) is 5.92 Å². The van der Waals surface area contributed by atoms with Gasteiger partial charge in [0.05, 0.1) is 13.2 Å². The molecule has 2 fully saturated rings. The van der Waals surface area contributed by atoms with Crippen molar-refractivity contribution in [3.8, 4) is 0 Å². The highest BCUT2D eigenvalue weighted by Gasteiger charge is 2.37. The first-order chi connectivity index (χ1) is 9.08. The van der Waals surface area contributed by atoms with Crippen molar-refractivity contribution < 1.29 is 14.3 Å². The van der Waals surface area contributed by atoms with E-state index < -0.39 is 0 Å². The first kappa shape index (κ1) is 14.3. The van der Waals surface area contributed by atoms with Crippen molar-refractivity contribution in [1.82, 2.24) is 15.1 Å². The van der Waals surface area contributed by atoms with Crippen LogP contribution in [0.2, 0.25) is 0 Å². The predicted molar refractivity (Wildman–Crippen MR) is 70.7 cm³/mol. The Bertz CT molecular complexity index is 340. The lowest BCUT2D eigenvalue weighted by atomic mass is 10.0. The van der Waals surface area contributed by atoms with Crippen LogP contribution in [0.3, 0.4) is 0 Å². The van der Waals surface area contributed by atoms with Gasteiger partial charge in [-0.3, -0.25) is 14.6 Å². The van der Waals surface area contributed by atoms with Gasteiger partial charge in [0.25, 0.3) is 5.91 Å². The summed E-state index contributed by atoms with van der Waals surface area (Å²) in [6.45, 7) is 8.52. The monoisotopic (exact) mass is 269 g/mol.